The molecule has 0 aliphatic carbocycles. The van der Waals surface area contributed by atoms with Crippen LogP contribution in [-0.2, 0) is 22.1 Å². The average Bonchev–Trinajstić information content (AvgIpc) is 2.43. The van der Waals surface area contributed by atoms with Crippen LogP contribution >= 0.6 is 25.3 Å². The smallest absolute Gasteiger partial charge is 0.395 e. The predicted molar refractivity (Wildman–Crippen MR) is 94.2 cm³/mol. The fourth-order valence-corrected chi connectivity index (χ4v) is 6.71. The number of hydrogen-bond donors (Lipinski definition) is 2. The normalized spacial score (nSPS) is 12.0. The SMILES string of the molecule is CCO[Si](C)(CCS)OCC.CO[Si](CS)(OC)OC. The lowest BCUT2D eigenvalue weighted by Crippen LogP contribution is -2.45. The van der Waals surface area contributed by atoms with Gasteiger partial charge in [-0.1, -0.05) is 0 Å². The second-order valence-electron chi connectivity index (χ2n) is 3.93. The first kappa shape index (κ1) is 23.2. The Hall–Kier alpha value is 0.934. The zero-order valence-corrected chi connectivity index (χ0v) is 17.3. The minimum atomic E-state index is -2.33. The molecular formula is C11H30O5S2Si2. The van der Waals surface area contributed by atoms with E-state index in [-0.39, 0.29) is 0 Å². The molecule has 0 aliphatic rings. The predicted octanol–water partition coefficient (Wildman–Crippen LogP) is 2.39. The number of rotatable bonds is 10. The lowest BCUT2D eigenvalue weighted by atomic mass is 10.9. The number of thiol groups is 2. The van der Waals surface area contributed by atoms with Crippen molar-refractivity contribution >= 4 is 42.6 Å². The highest BCUT2D eigenvalue weighted by Gasteiger charge is 2.35. The van der Waals surface area contributed by atoms with Gasteiger partial charge in [-0.3, -0.25) is 0 Å². The minimum absolute atomic E-state index is 0.510. The van der Waals surface area contributed by atoms with Crippen LogP contribution < -0.4 is 0 Å². The molecule has 0 fully saturated rings. The third-order valence-corrected chi connectivity index (χ3v) is 9.61. The first-order valence-electron chi connectivity index (χ1n) is 6.58. The Morgan fingerprint density at radius 1 is 0.850 bits per heavy atom. The maximum absolute atomic E-state index is 5.58. The van der Waals surface area contributed by atoms with Crippen molar-refractivity contribution < 1.29 is 22.1 Å². The van der Waals surface area contributed by atoms with Crippen molar-refractivity contribution in [3.8, 4) is 0 Å². The molecule has 0 atom stereocenters. The summed E-state index contributed by atoms with van der Waals surface area (Å²) in [5, 5.41) is 0.510. The molecule has 0 amide bonds. The van der Waals surface area contributed by atoms with E-state index in [1.54, 1.807) is 21.3 Å². The van der Waals surface area contributed by atoms with E-state index in [4.69, 9.17) is 22.1 Å². The highest BCUT2D eigenvalue weighted by atomic mass is 32.1. The largest absolute Gasteiger partial charge is 0.510 e. The second-order valence-corrected chi connectivity index (χ2v) is 11.6. The van der Waals surface area contributed by atoms with Crippen LogP contribution in [0.25, 0.3) is 0 Å². The quantitative estimate of drug-likeness (QED) is 0.461. The third kappa shape index (κ3) is 9.79. The van der Waals surface area contributed by atoms with E-state index in [9.17, 15) is 0 Å². The maximum atomic E-state index is 5.58. The van der Waals surface area contributed by atoms with E-state index < -0.39 is 17.4 Å². The molecule has 0 aromatic heterocycles. The molecule has 0 unspecified atom stereocenters. The van der Waals surface area contributed by atoms with Gasteiger partial charge in [0.25, 0.3) is 0 Å². The molecule has 5 nitrogen and oxygen atoms in total. The standard InChI is InChI=1S/C7H18O2SSi.C4H12O3SSi/c1-4-8-11(3,7-6-10)9-5-2;1-5-9(4-8,6-2)7-3/h10H,4-7H2,1-3H3;8H,4H2,1-3H3. The van der Waals surface area contributed by atoms with Crippen molar-refractivity contribution in [2.45, 2.75) is 26.4 Å². The van der Waals surface area contributed by atoms with Crippen molar-refractivity contribution in [3.05, 3.63) is 0 Å². The molecule has 0 heterocycles. The fourth-order valence-electron chi connectivity index (χ4n) is 1.44. The third-order valence-electron chi connectivity index (χ3n) is 2.59. The summed E-state index contributed by atoms with van der Waals surface area (Å²) in [5.41, 5.74) is 0. The van der Waals surface area contributed by atoms with Gasteiger partial charge in [-0.15, -0.1) is 0 Å². The van der Waals surface area contributed by atoms with Crippen molar-refractivity contribution in [2.24, 2.45) is 0 Å². The van der Waals surface area contributed by atoms with Gasteiger partial charge >= 0.3 is 17.4 Å². The van der Waals surface area contributed by atoms with Crippen molar-refractivity contribution in [1.29, 1.82) is 0 Å². The first-order chi connectivity index (χ1) is 9.42. The van der Waals surface area contributed by atoms with Gasteiger partial charge < -0.3 is 22.1 Å². The molecule has 0 spiro atoms. The van der Waals surface area contributed by atoms with E-state index >= 15 is 0 Å². The lowest BCUT2D eigenvalue weighted by molar-refractivity contribution is 0.131. The Kier molecular flexibility index (Phi) is 15.8. The van der Waals surface area contributed by atoms with Crippen LogP contribution in [0.3, 0.4) is 0 Å². The zero-order chi connectivity index (χ0) is 16.1. The van der Waals surface area contributed by atoms with Gasteiger partial charge in [0.1, 0.15) is 0 Å². The van der Waals surface area contributed by atoms with Crippen molar-refractivity contribution in [3.63, 3.8) is 0 Å². The van der Waals surface area contributed by atoms with Crippen LogP contribution in [-0.4, -0.2) is 63.0 Å². The Labute approximate surface area is 137 Å². The first-order valence-corrected chi connectivity index (χ1v) is 12.3. The Morgan fingerprint density at radius 3 is 1.40 bits per heavy atom. The van der Waals surface area contributed by atoms with Gasteiger partial charge in [0, 0.05) is 34.5 Å². The summed E-state index contributed by atoms with van der Waals surface area (Å²) in [6.07, 6.45) is 0. The van der Waals surface area contributed by atoms with Crippen LogP contribution in [0.5, 0.6) is 0 Å². The molecule has 0 aromatic rings. The molecule has 124 valence electrons. The lowest BCUT2D eigenvalue weighted by Gasteiger charge is -2.24. The molecule has 0 bridgehead atoms. The van der Waals surface area contributed by atoms with Gasteiger partial charge in [-0.2, -0.15) is 25.3 Å². The Balaban J connectivity index is 0. The molecule has 9 heteroatoms. The highest BCUT2D eigenvalue weighted by Crippen LogP contribution is 2.13. The second kappa shape index (κ2) is 13.6. The maximum Gasteiger partial charge on any atom is 0.510 e. The summed E-state index contributed by atoms with van der Waals surface area (Å²) in [4.78, 5) is 0. The van der Waals surface area contributed by atoms with Gasteiger partial charge in [-0.25, -0.2) is 0 Å². The van der Waals surface area contributed by atoms with E-state index in [1.807, 2.05) is 13.8 Å². The summed E-state index contributed by atoms with van der Waals surface area (Å²) >= 11 is 8.20. The zero-order valence-electron chi connectivity index (χ0n) is 13.5. The summed E-state index contributed by atoms with van der Waals surface area (Å²) in [6, 6.07) is 0.970. The summed E-state index contributed by atoms with van der Waals surface area (Å²) < 4.78 is 26.2. The van der Waals surface area contributed by atoms with Crippen LogP contribution in [0.2, 0.25) is 12.6 Å². The Morgan fingerprint density at radius 2 is 1.25 bits per heavy atom. The van der Waals surface area contributed by atoms with E-state index in [0.717, 1.165) is 25.0 Å². The molecule has 20 heavy (non-hydrogen) atoms. The van der Waals surface area contributed by atoms with Gasteiger partial charge in [-0.05, 0) is 32.2 Å². The fraction of sp³-hybridized carbons (Fsp3) is 1.00. The highest BCUT2D eigenvalue weighted by molar-refractivity contribution is 7.82. The molecule has 0 rings (SSSR count). The van der Waals surface area contributed by atoms with Crippen LogP contribution in [0.4, 0.5) is 0 Å². The van der Waals surface area contributed by atoms with Gasteiger partial charge in [0.2, 0.25) is 0 Å². The van der Waals surface area contributed by atoms with Crippen LogP contribution in [0.15, 0.2) is 0 Å². The molecule has 0 saturated carbocycles. The molecule has 0 N–H and O–H groups in total. The number of hydrogen-bond acceptors (Lipinski definition) is 7. The summed E-state index contributed by atoms with van der Waals surface area (Å²) in [5.74, 6) is 0.850. The molecule has 0 saturated heterocycles. The van der Waals surface area contributed by atoms with Crippen LogP contribution in [0.1, 0.15) is 13.8 Å². The topological polar surface area (TPSA) is 46.2 Å². The van der Waals surface area contributed by atoms with E-state index in [0.29, 0.717) is 5.38 Å². The van der Waals surface area contributed by atoms with Gasteiger partial charge in [0.05, 0.1) is 5.38 Å². The van der Waals surface area contributed by atoms with Crippen LogP contribution in [0, 0.1) is 0 Å². The molecule has 0 radical (unpaired) electrons. The summed E-state index contributed by atoms with van der Waals surface area (Å²) in [7, 11) is 0.542. The molecule has 0 aliphatic heterocycles. The van der Waals surface area contributed by atoms with Crippen molar-refractivity contribution in [2.75, 3.05) is 45.7 Å². The monoisotopic (exact) mass is 362 g/mol. The minimum Gasteiger partial charge on any atom is -0.395 e. The van der Waals surface area contributed by atoms with Crippen molar-refractivity contribution in [1.82, 2.24) is 0 Å². The molecule has 0 aromatic carbocycles. The Bertz CT molecular complexity index is 186. The summed E-state index contributed by atoms with van der Waals surface area (Å²) in [6.45, 7) is 7.59. The average molecular weight is 363 g/mol. The van der Waals surface area contributed by atoms with E-state index in [1.165, 1.54) is 0 Å². The van der Waals surface area contributed by atoms with Gasteiger partial charge in [0.15, 0.2) is 0 Å². The van der Waals surface area contributed by atoms with E-state index in [2.05, 4.69) is 31.8 Å². The molecular weight excluding hydrogens is 332 g/mol.